The molecule has 0 spiro atoms. The Labute approximate surface area is 75.3 Å². The molecule has 2 rings (SSSR count). The molecule has 1 amide bonds. The predicted octanol–water partition coefficient (Wildman–Crippen LogP) is 2.39. The van der Waals surface area contributed by atoms with E-state index in [0.717, 1.165) is 16.7 Å². The van der Waals surface area contributed by atoms with Crippen LogP contribution in [0, 0.1) is 0 Å². The van der Waals surface area contributed by atoms with E-state index in [4.69, 9.17) is 4.42 Å². The van der Waals surface area contributed by atoms with E-state index in [9.17, 15) is 4.79 Å². The molecule has 0 saturated carbocycles. The molecule has 13 heavy (non-hydrogen) atoms. The minimum absolute atomic E-state index is 0.0912. The van der Waals surface area contributed by atoms with E-state index in [1.54, 1.807) is 6.26 Å². The highest BCUT2D eigenvalue weighted by Gasteiger charge is 2.04. The maximum atomic E-state index is 10.8. The van der Waals surface area contributed by atoms with Gasteiger partial charge < -0.3 is 9.73 Å². The van der Waals surface area contributed by atoms with E-state index in [1.165, 1.54) is 6.92 Å². The van der Waals surface area contributed by atoms with Crippen molar-refractivity contribution >= 4 is 22.6 Å². The summed E-state index contributed by atoms with van der Waals surface area (Å²) < 4.78 is 5.24. The van der Waals surface area contributed by atoms with Gasteiger partial charge in [-0.1, -0.05) is 12.1 Å². The van der Waals surface area contributed by atoms with Crippen LogP contribution in [0.25, 0.3) is 11.0 Å². The van der Waals surface area contributed by atoms with Crippen LogP contribution in [0.4, 0.5) is 5.69 Å². The Kier molecular flexibility index (Phi) is 1.77. The van der Waals surface area contributed by atoms with Crippen molar-refractivity contribution in [2.75, 3.05) is 5.32 Å². The Hall–Kier alpha value is -1.77. The van der Waals surface area contributed by atoms with E-state index >= 15 is 0 Å². The number of carbonyl (C=O) groups excluding carboxylic acids is 1. The minimum atomic E-state index is -0.0912. The largest absolute Gasteiger partial charge is 0.462 e. The molecule has 1 aromatic heterocycles. The van der Waals surface area contributed by atoms with Crippen LogP contribution in [0.15, 0.2) is 34.9 Å². The fraction of sp³-hybridized carbons (Fsp3) is 0.100. The molecule has 0 fully saturated rings. The summed E-state index contributed by atoms with van der Waals surface area (Å²) in [4.78, 5) is 10.8. The van der Waals surface area contributed by atoms with Gasteiger partial charge in [-0.2, -0.15) is 0 Å². The second-order valence-electron chi connectivity index (χ2n) is 2.83. The van der Waals surface area contributed by atoms with Gasteiger partial charge in [-0.25, -0.2) is 0 Å². The highest BCUT2D eigenvalue weighted by Crippen LogP contribution is 2.24. The van der Waals surface area contributed by atoms with Crippen molar-refractivity contribution in [1.29, 1.82) is 0 Å². The van der Waals surface area contributed by atoms with Crippen molar-refractivity contribution in [1.82, 2.24) is 0 Å². The van der Waals surface area contributed by atoms with Crippen LogP contribution >= 0.6 is 0 Å². The first-order valence-electron chi connectivity index (χ1n) is 4.01. The van der Waals surface area contributed by atoms with Gasteiger partial charge in [0.05, 0.1) is 5.69 Å². The third kappa shape index (κ3) is 1.40. The molecule has 3 nitrogen and oxygen atoms in total. The molecule has 1 aromatic carbocycles. The molecule has 0 aliphatic rings. The topological polar surface area (TPSA) is 42.2 Å². The number of para-hydroxylation sites is 1. The summed E-state index contributed by atoms with van der Waals surface area (Å²) >= 11 is 0. The van der Waals surface area contributed by atoms with Crippen molar-refractivity contribution in [2.24, 2.45) is 0 Å². The zero-order valence-electron chi connectivity index (χ0n) is 7.20. The number of anilines is 1. The molecule has 0 aliphatic heterocycles. The molecule has 0 radical (unpaired) electrons. The molecule has 0 aliphatic carbocycles. The van der Waals surface area contributed by atoms with Crippen LogP contribution in [0.2, 0.25) is 0 Å². The molecule has 2 aromatic rings. The molecule has 1 N–H and O–H groups in total. The van der Waals surface area contributed by atoms with Gasteiger partial charge in [-0.05, 0) is 12.1 Å². The Morgan fingerprint density at radius 3 is 2.92 bits per heavy atom. The summed E-state index contributed by atoms with van der Waals surface area (Å²) in [6, 6.07) is 7.57. The lowest BCUT2D eigenvalue weighted by Crippen LogP contribution is -2.04. The van der Waals surface area contributed by atoms with Crippen LogP contribution in [0.3, 0.4) is 0 Å². The summed E-state index contributed by atoms with van der Waals surface area (Å²) in [5, 5.41) is 3.62. The molecule has 0 saturated heterocycles. The number of hydrogen-bond donors (Lipinski definition) is 1. The lowest BCUT2D eigenvalue weighted by Gasteiger charge is -1.96. The van der Waals surface area contributed by atoms with Crippen LogP contribution < -0.4 is 5.32 Å². The molecule has 1 heterocycles. The smallest absolute Gasteiger partial charge is 0.221 e. The second kappa shape index (κ2) is 2.94. The Bertz CT molecular complexity index is 445. The van der Waals surface area contributed by atoms with Gasteiger partial charge in [0.25, 0.3) is 0 Å². The molecular formula is C10H9NO2. The zero-order valence-corrected chi connectivity index (χ0v) is 7.20. The molecule has 0 unspecified atom stereocenters. The maximum Gasteiger partial charge on any atom is 0.221 e. The van der Waals surface area contributed by atoms with Gasteiger partial charge in [0.15, 0.2) is 0 Å². The standard InChI is InChI=1S/C10H9NO2/c1-7(12)11-9-6-13-10-5-3-2-4-8(9)10/h2-6H,1H3,(H,11,12). The van der Waals surface area contributed by atoms with Crippen molar-refractivity contribution in [3.05, 3.63) is 30.5 Å². The molecule has 3 heteroatoms. The Balaban J connectivity index is 2.51. The van der Waals surface area contributed by atoms with E-state index < -0.39 is 0 Å². The third-order valence-corrected chi connectivity index (χ3v) is 1.79. The van der Waals surface area contributed by atoms with Gasteiger partial charge in [0.1, 0.15) is 11.8 Å². The van der Waals surface area contributed by atoms with E-state index in [1.807, 2.05) is 24.3 Å². The van der Waals surface area contributed by atoms with Gasteiger partial charge in [0.2, 0.25) is 5.91 Å². The number of carbonyl (C=O) groups is 1. The SMILES string of the molecule is CC(=O)Nc1coc2ccccc12. The first kappa shape index (κ1) is 7.86. The highest BCUT2D eigenvalue weighted by atomic mass is 16.3. The fourth-order valence-electron chi connectivity index (χ4n) is 1.26. The molecular weight excluding hydrogens is 166 g/mol. The first-order chi connectivity index (χ1) is 6.27. The van der Waals surface area contributed by atoms with E-state index in [-0.39, 0.29) is 5.91 Å². The summed E-state index contributed by atoms with van der Waals surface area (Å²) in [6.45, 7) is 1.47. The van der Waals surface area contributed by atoms with Crippen LogP contribution in [-0.4, -0.2) is 5.91 Å². The number of hydrogen-bond acceptors (Lipinski definition) is 2. The average molecular weight is 175 g/mol. The number of furan rings is 1. The fourth-order valence-corrected chi connectivity index (χ4v) is 1.26. The molecule has 66 valence electrons. The molecule has 0 atom stereocenters. The van der Waals surface area contributed by atoms with Gasteiger partial charge >= 0.3 is 0 Å². The zero-order chi connectivity index (χ0) is 9.26. The lowest BCUT2D eigenvalue weighted by molar-refractivity contribution is -0.114. The normalized spacial score (nSPS) is 10.2. The highest BCUT2D eigenvalue weighted by molar-refractivity contribution is 5.99. The van der Waals surface area contributed by atoms with Crippen molar-refractivity contribution in [3.63, 3.8) is 0 Å². The summed E-state index contributed by atoms with van der Waals surface area (Å²) in [5.41, 5.74) is 1.51. The van der Waals surface area contributed by atoms with E-state index in [0.29, 0.717) is 0 Å². The van der Waals surface area contributed by atoms with Gasteiger partial charge in [-0.15, -0.1) is 0 Å². The van der Waals surface area contributed by atoms with E-state index in [2.05, 4.69) is 5.32 Å². The number of benzene rings is 1. The predicted molar refractivity (Wildman–Crippen MR) is 50.5 cm³/mol. The number of nitrogens with one attached hydrogen (secondary N) is 1. The number of rotatable bonds is 1. The Morgan fingerprint density at radius 1 is 1.38 bits per heavy atom. The first-order valence-corrected chi connectivity index (χ1v) is 4.01. The third-order valence-electron chi connectivity index (χ3n) is 1.79. The number of fused-ring (bicyclic) bond motifs is 1. The monoisotopic (exact) mass is 175 g/mol. The molecule has 0 bridgehead atoms. The van der Waals surface area contributed by atoms with Crippen LogP contribution in [0.1, 0.15) is 6.92 Å². The van der Waals surface area contributed by atoms with Gasteiger partial charge in [-0.3, -0.25) is 4.79 Å². The average Bonchev–Trinajstić information content (AvgIpc) is 2.48. The van der Waals surface area contributed by atoms with Crippen molar-refractivity contribution in [2.45, 2.75) is 6.92 Å². The summed E-state index contributed by atoms with van der Waals surface area (Å²) in [5.74, 6) is -0.0912. The number of amides is 1. The van der Waals surface area contributed by atoms with Crippen molar-refractivity contribution in [3.8, 4) is 0 Å². The van der Waals surface area contributed by atoms with Crippen LogP contribution in [-0.2, 0) is 4.79 Å². The quantitative estimate of drug-likeness (QED) is 0.723. The van der Waals surface area contributed by atoms with Crippen molar-refractivity contribution < 1.29 is 9.21 Å². The Morgan fingerprint density at radius 2 is 2.15 bits per heavy atom. The minimum Gasteiger partial charge on any atom is -0.462 e. The lowest BCUT2D eigenvalue weighted by atomic mass is 10.2. The summed E-state index contributed by atoms with van der Waals surface area (Å²) in [7, 11) is 0. The second-order valence-corrected chi connectivity index (χ2v) is 2.83. The maximum absolute atomic E-state index is 10.8. The van der Waals surface area contributed by atoms with Crippen LogP contribution in [0.5, 0.6) is 0 Å². The summed E-state index contributed by atoms with van der Waals surface area (Å²) in [6.07, 6.45) is 1.55. The van der Waals surface area contributed by atoms with Gasteiger partial charge in [0, 0.05) is 12.3 Å².